The van der Waals surface area contributed by atoms with Crippen molar-refractivity contribution in [3.63, 3.8) is 0 Å². The number of halogens is 6. The Balaban J connectivity index is 2.84. The average molecular weight is 178 g/mol. The van der Waals surface area contributed by atoms with Gasteiger partial charge in [-0.25, -0.2) is 8.78 Å². The standard InChI is InChI=1S/C5H4F6/c1-3(6,7)2-4(8,9)5(2,10)11/h2H,1H3. The maximum Gasteiger partial charge on any atom is 0.325 e. The lowest BCUT2D eigenvalue weighted by Gasteiger charge is -2.05. The first-order valence-electron chi connectivity index (χ1n) is 2.75. The molecular formula is C5H4F6. The molecule has 1 rings (SSSR count). The van der Waals surface area contributed by atoms with Gasteiger partial charge in [0.25, 0.3) is 5.92 Å². The Morgan fingerprint density at radius 2 is 1.27 bits per heavy atom. The van der Waals surface area contributed by atoms with Gasteiger partial charge in [-0.15, -0.1) is 0 Å². The fourth-order valence-corrected chi connectivity index (χ4v) is 0.979. The highest BCUT2D eigenvalue weighted by Crippen LogP contribution is 2.67. The summed E-state index contributed by atoms with van der Waals surface area (Å²) in [7, 11) is 0. The molecule has 6 heteroatoms. The van der Waals surface area contributed by atoms with Crippen LogP contribution in [0.3, 0.4) is 0 Å². The first-order valence-corrected chi connectivity index (χ1v) is 2.75. The molecule has 0 aromatic rings. The molecule has 0 nitrogen and oxygen atoms in total. The zero-order valence-corrected chi connectivity index (χ0v) is 5.35. The summed E-state index contributed by atoms with van der Waals surface area (Å²) in [6.07, 6.45) is 0. The van der Waals surface area contributed by atoms with Gasteiger partial charge >= 0.3 is 11.8 Å². The molecule has 0 heterocycles. The molecule has 0 bridgehead atoms. The van der Waals surface area contributed by atoms with E-state index < -0.39 is 23.7 Å². The number of hydrogen-bond acceptors (Lipinski definition) is 0. The highest BCUT2D eigenvalue weighted by atomic mass is 19.3. The van der Waals surface area contributed by atoms with E-state index in [0.29, 0.717) is 0 Å². The van der Waals surface area contributed by atoms with Gasteiger partial charge in [-0.3, -0.25) is 0 Å². The van der Waals surface area contributed by atoms with E-state index in [1.165, 1.54) is 0 Å². The van der Waals surface area contributed by atoms with E-state index in [-0.39, 0.29) is 6.92 Å². The Labute approximate surface area is 58.2 Å². The Kier molecular flexibility index (Phi) is 1.31. The van der Waals surface area contributed by atoms with Gasteiger partial charge in [0, 0.05) is 6.92 Å². The number of rotatable bonds is 1. The van der Waals surface area contributed by atoms with Crippen LogP contribution in [0.4, 0.5) is 26.3 Å². The van der Waals surface area contributed by atoms with E-state index in [1.54, 1.807) is 0 Å². The van der Waals surface area contributed by atoms with Crippen LogP contribution >= 0.6 is 0 Å². The van der Waals surface area contributed by atoms with Crippen molar-refractivity contribution < 1.29 is 26.3 Å². The lowest BCUT2D eigenvalue weighted by atomic mass is 10.2. The summed E-state index contributed by atoms with van der Waals surface area (Å²) in [6, 6.07) is 0. The normalized spacial score (nSPS) is 28.6. The highest BCUT2D eigenvalue weighted by molar-refractivity contribution is 5.18. The third-order valence-electron chi connectivity index (χ3n) is 1.59. The fraction of sp³-hybridized carbons (Fsp3) is 1.00. The molecule has 0 amide bonds. The van der Waals surface area contributed by atoms with Crippen molar-refractivity contribution in [2.75, 3.05) is 0 Å². The summed E-state index contributed by atoms with van der Waals surface area (Å²) in [6.45, 7) is 0.0620. The van der Waals surface area contributed by atoms with Crippen LogP contribution in [0.5, 0.6) is 0 Å². The van der Waals surface area contributed by atoms with Crippen molar-refractivity contribution in [1.82, 2.24) is 0 Å². The van der Waals surface area contributed by atoms with Crippen molar-refractivity contribution in [3.05, 3.63) is 0 Å². The van der Waals surface area contributed by atoms with Crippen LogP contribution in [-0.4, -0.2) is 17.8 Å². The average Bonchev–Trinajstić information content (AvgIpc) is 1.93. The van der Waals surface area contributed by atoms with Crippen molar-refractivity contribution in [2.24, 2.45) is 5.92 Å². The summed E-state index contributed by atoms with van der Waals surface area (Å²) in [5, 5.41) is 0. The van der Waals surface area contributed by atoms with E-state index >= 15 is 0 Å². The molecule has 0 aromatic heterocycles. The molecule has 0 atom stereocenters. The van der Waals surface area contributed by atoms with Crippen LogP contribution in [0.15, 0.2) is 0 Å². The van der Waals surface area contributed by atoms with Gasteiger partial charge in [-0.2, -0.15) is 17.6 Å². The molecule has 0 saturated heterocycles. The Morgan fingerprint density at radius 3 is 1.27 bits per heavy atom. The molecule has 66 valence electrons. The maximum absolute atomic E-state index is 11.9. The first-order chi connectivity index (χ1) is 4.62. The summed E-state index contributed by atoms with van der Waals surface area (Å²) < 4.78 is 71.2. The quantitative estimate of drug-likeness (QED) is 0.541. The van der Waals surface area contributed by atoms with Gasteiger partial charge in [0.05, 0.1) is 0 Å². The van der Waals surface area contributed by atoms with Crippen LogP contribution in [0.2, 0.25) is 0 Å². The lowest BCUT2D eigenvalue weighted by Crippen LogP contribution is -2.18. The second-order valence-electron chi connectivity index (χ2n) is 2.64. The summed E-state index contributed by atoms with van der Waals surface area (Å²) in [5.74, 6) is -16.2. The van der Waals surface area contributed by atoms with E-state index in [1.807, 2.05) is 0 Å². The smallest absolute Gasteiger partial charge is 0.206 e. The molecule has 0 radical (unpaired) electrons. The Hall–Kier alpha value is -0.420. The third kappa shape index (κ3) is 0.911. The van der Waals surface area contributed by atoms with Crippen molar-refractivity contribution >= 4 is 0 Å². The Morgan fingerprint density at radius 1 is 1.00 bits per heavy atom. The van der Waals surface area contributed by atoms with Gasteiger partial charge in [-0.05, 0) is 0 Å². The molecule has 1 aliphatic rings. The zero-order chi connectivity index (χ0) is 9.08. The largest absolute Gasteiger partial charge is 0.325 e. The summed E-state index contributed by atoms with van der Waals surface area (Å²) in [5.41, 5.74) is 0. The first kappa shape index (κ1) is 8.67. The second kappa shape index (κ2) is 1.67. The molecule has 0 aliphatic heterocycles. The molecule has 11 heavy (non-hydrogen) atoms. The molecule has 0 N–H and O–H groups in total. The van der Waals surface area contributed by atoms with Crippen LogP contribution in [0.25, 0.3) is 0 Å². The minimum Gasteiger partial charge on any atom is -0.206 e. The maximum atomic E-state index is 11.9. The molecule has 1 aliphatic carbocycles. The fourth-order valence-electron chi connectivity index (χ4n) is 0.979. The molecule has 1 fully saturated rings. The molecule has 1 saturated carbocycles. The van der Waals surface area contributed by atoms with Gasteiger partial charge in [0.2, 0.25) is 0 Å². The van der Waals surface area contributed by atoms with Crippen LogP contribution in [0.1, 0.15) is 6.92 Å². The predicted octanol–water partition coefficient (Wildman–Crippen LogP) is 2.54. The predicted molar refractivity (Wildman–Crippen MR) is 24.0 cm³/mol. The minimum absolute atomic E-state index is 0.0620. The van der Waals surface area contributed by atoms with Crippen molar-refractivity contribution in [1.29, 1.82) is 0 Å². The number of hydrogen-bond donors (Lipinski definition) is 0. The topological polar surface area (TPSA) is 0 Å². The van der Waals surface area contributed by atoms with Crippen molar-refractivity contribution in [3.8, 4) is 0 Å². The summed E-state index contributed by atoms with van der Waals surface area (Å²) >= 11 is 0. The van der Waals surface area contributed by atoms with Crippen molar-refractivity contribution in [2.45, 2.75) is 24.7 Å². The SMILES string of the molecule is CC(F)(F)C1C(F)(F)C1(F)F. The van der Waals surface area contributed by atoms with E-state index in [9.17, 15) is 26.3 Å². The van der Waals surface area contributed by atoms with Crippen LogP contribution < -0.4 is 0 Å². The van der Waals surface area contributed by atoms with Crippen LogP contribution in [0, 0.1) is 5.92 Å². The summed E-state index contributed by atoms with van der Waals surface area (Å²) in [4.78, 5) is 0. The lowest BCUT2D eigenvalue weighted by molar-refractivity contribution is -0.0478. The third-order valence-corrected chi connectivity index (χ3v) is 1.59. The van der Waals surface area contributed by atoms with E-state index in [2.05, 4.69) is 0 Å². The van der Waals surface area contributed by atoms with E-state index in [4.69, 9.17) is 0 Å². The molecule has 0 aromatic carbocycles. The zero-order valence-electron chi connectivity index (χ0n) is 5.35. The second-order valence-corrected chi connectivity index (χ2v) is 2.64. The monoisotopic (exact) mass is 178 g/mol. The molecule has 0 unspecified atom stereocenters. The highest BCUT2D eigenvalue weighted by Gasteiger charge is 2.91. The molecular weight excluding hydrogens is 174 g/mol. The van der Waals surface area contributed by atoms with Gasteiger partial charge in [0.1, 0.15) is 0 Å². The van der Waals surface area contributed by atoms with Crippen LogP contribution in [-0.2, 0) is 0 Å². The van der Waals surface area contributed by atoms with Gasteiger partial charge in [0.15, 0.2) is 5.92 Å². The van der Waals surface area contributed by atoms with Gasteiger partial charge < -0.3 is 0 Å². The van der Waals surface area contributed by atoms with E-state index in [0.717, 1.165) is 0 Å². The molecule has 0 spiro atoms. The van der Waals surface area contributed by atoms with Gasteiger partial charge in [-0.1, -0.05) is 0 Å². The Bertz CT molecular complexity index is 164. The number of alkyl halides is 6. The minimum atomic E-state index is -4.54.